The topological polar surface area (TPSA) is 104 Å². The van der Waals surface area contributed by atoms with Crippen LogP contribution in [0.15, 0.2) is 16.9 Å². The predicted molar refractivity (Wildman–Crippen MR) is 105 cm³/mol. The van der Waals surface area contributed by atoms with E-state index in [2.05, 4.69) is 10.4 Å². The Kier molecular flexibility index (Phi) is 5.23. The first kappa shape index (κ1) is 19.4. The van der Waals surface area contributed by atoms with Crippen molar-refractivity contribution < 1.29 is 23.7 Å². The normalized spacial score (nSPS) is 19.4. The summed E-state index contributed by atoms with van der Waals surface area (Å²) in [5, 5.41) is 5.82. The molecule has 1 aromatic carbocycles. The van der Waals surface area contributed by atoms with Gasteiger partial charge < -0.3 is 24.3 Å². The van der Waals surface area contributed by atoms with E-state index in [0.29, 0.717) is 47.4 Å². The number of aromatic nitrogens is 2. The number of carbonyl (C=O) groups is 1. The average Bonchev–Trinajstić information content (AvgIpc) is 3.08. The van der Waals surface area contributed by atoms with Crippen LogP contribution in [-0.2, 0) is 9.53 Å². The third-order valence-corrected chi connectivity index (χ3v) is 5.63. The zero-order valence-electron chi connectivity index (χ0n) is 16.7. The van der Waals surface area contributed by atoms with Gasteiger partial charge in [0.2, 0.25) is 5.91 Å². The summed E-state index contributed by atoms with van der Waals surface area (Å²) in [6.45, 7) is 1.25. The van der Waals surface area contributed by atoms with E-state index in [0.717, 1.165) is 12.8 Å². The van der Waals surface area contributed by atoms with Crippen LogP contribution in [-0.4, -0.2) is 50.2 Å². The Labute approximate surface area is 167 Å². The molecular formula is C20H25N3O6. The summed E-state index contributed by atoms with van der Waals surface area (Å²) in [4.78, 5) is 25.5. The minimum Gasteiger partial charge on any atom is -0.496 e. The van der Waals surface area contributed by atoms with E-state index < -0.39 is 5.92 Å². The summed E-state index contributed by atoms with van der Waals surface area (Å²) < 4.78 is 23.5. The molecule has 3 heterocycles. The Morgan fingerprint density at radius 1 is 1.00 bits per heavy atom. The Hall–Kier alpha value is -2.94. The van der Waals surface area contributed by atoms with Gasteiger partial charge in [0, 0.05) is 37.2 Å². The van der Waals surface area contributed by atoms with Crippen LogP contribution in [0.3, 0.4) is 0 Å². The molecule has 2 aliphatic heterocycles. The van der Waals surface area contributed by atoms with E-state index in [-0.39, 0.29) is 23.9 Å². The Bertz CT molecular complexity index is 973. The molecule has 0 aliphatic carbocycles. The number of methoxy groups -OCH3 is 3. The maximum Gasteiger partial charge on any atom is 0.270 e. The van der Waals surface area contributed by atoms with Crippen molar-refractivity contribution in [1.29, 1.82) is 0 Å². The standard InChI is InChI=1S/C20H25N3O6/c1-26-14-10-16(28-3)15(27-2)8-12(14)13-9-17(24)21-19-18(13)20(25)22-23(19)11-4-6-29-7-5-11/h8,10-11,13H,4-7,9H2,1-3H3,(H,21,24)(H,22,25)/t13-/m1/s1. The van der Waals surface area contributed by atoms with Crippen molar-refractivity contribution in [3.63, 3.8) is 0 Å². The second-order valence-electron chi connectivity index (χ2n) is 7.17. The predicted octanol–water partition coefficient (Wildman–Crippen LogP) is 2.03. The summed E-state index contributed by atoms with van der Waals surface area (Å²) in [5.74, 6) is 1.47. The molecule has 1 saturated heterocycles. The van der Waals surface area contributed by atoms with Crippen LogP contribution in [0.1, 0.15) is 42.3 Å². The van der Waals surface area contributed by atoms with Gasteiger partial charge in [0.05, 0.1) is 32.9 Å². The Morgan fingerprint density at radius 3 is 2.31 bits per heavy atom. The molecule has 2 aromatic rings. The molecule has 0 spiro atoms. The number of aromatic amines is 1. The van der Waals surface area contributed by atoms with Gasteiger partial charge in [-0.2, -0.15) is 0 Å². The van der Waals surface area contributed by atoms with Crippen molar-refractivity contribution in [3.05, 3.63) is 33.6 Å². The third-order valence-electron chi connectivity index (χ3n) is 5.63. The molecule has 29 heavy (non-hydrogen) atoms. The zero-order valence-corrected chi connectivity index (χ0v) is 16.7. The maximum absolute atomic E-state index is 12.9. The van der Waals surface area contributed by atoms with Crippen molar-refractivity contribution >= 4 is 11.7 Å². The summed E-state index contributed by atoms with van der Waals surface area (Å²) in [6.07, 6.45) is 1.69. The monoisotopic (exact) mass is 403 g/mol. The molecule has 156 valence electrons. The van der Waals surface area contributed by atoms with E-state index >= 15 is 0 Å². The van der Waals surface area contributed by atoms with Gasteiger partial charge >= 0.3 is 0 Å². The lowest BCUT2D eigenvalue weighted by Crippen LogP contribution is -2.28. The molecular weight excluding hydrogens is 378 g/mol. The fourth-order valence-electron chi connectivity index (χ4n) is 4.19. The number of ether oxygens (including phenoxy) is 4. The van der Waals surface area contributed by atoms with Crippen LogP contribution in [0.5, 0.6) is 17.2 Å². The third kappa shape index (κ3) is 3.35. The fraction of sp³-hybridized carbons (Fsp3) is 0.500. The average molecular weight is 403 g/mol. The molecule has 0 radical (unpaired) electrons. The van der Waals surface area contributed by atoms with Crippen molar-refractivity contribution in [2.24, 2.45) is 0 Å². The molecule has 1 aromatic heterocycles. The van der Waals surface area contributed by atoms with Gasteiger partial charge in [-0.1, -0.05) is 0 Å². The number of hydrogen-bond acceptors (Lipinski definition) is 6. The Morgan fingerprint density at radius 2 is 1.66 bits per heavy atom. The second-order valence-corrected chi connectivity index (χ2v) is 7.17. The lowest BCUT2D eigenvalue weighted by molar-refractivity contribution is -0.116. The van der Waals surface area contributed by atoms with Crippen molar-refractivity contribution in [3.8, 4) is 17.2 Å². The molecule has 9 heteroatoms. The first-order chi connectivity index (χ1) is 14.1. The number of nitrogens with zero attached hydrogens (tertiary/aromatic N) is 1. The molecule has 0 saturated carbocycles. The highest BCUT2D eigenvalue weighted by molar-refractivity contribution is 5.94. The number of fused-ring (bicyclic) bond motifs is 1. The molecule has 9 nitrogen and oxygen atoms in total. The number of nitrogens with one attached hydrogen (secondary N) is 2. The van der Waals surface area contributed by atoms with E-state index in [9.17, 15) is 9.59 Å². The van der Waals surface area contributed by atoms with Crippen LogP contribution >= 0.6 is 0 Å². The van der Waals surface area contributed by atoms with Crippen LogP contribution in [0, 0.1) is 0 Å². The van der Waals surface area contributed by atoms with Crippen LogP contribution in [0.25, 0.3) is 0 Å². The molecule has 1 fully saturated rings. The van der Waals surface area contributed by atoms with Crippen molar-refractivity contribution in [2.45, 2.75) is 31.2 Å². The number of rotatable bonds is 5. The highest BCUT2D eigenvalue weighted by atomic mass is 16.5. The number of amides is 1. The van der Waals surface area contributed by atoms with Gasteiger partial charge in [-0.25, -0.2) is 0 Å². The minimum atomic E-state index is -0.460. The lowest BCUT2D eigenvalue weighted by atomic mass is 9.86. The van der Waals surface area contributed by atoms with Crippen molar-refractivity contribution in [2.75, 3.05) is 39.9 Å². The fourth-order valence-corrected chi connectivity index (χ4v) is 4.19. The van der Waals surface area contributed by atoms with Crippen LogP contribution in [0.2, 0.25) is 0 Å². The number of hydrogen-bond donors (Lipinski definition) is 2. The summed E-state index contributed by atoms with van der Waals surface area (Å²) in [6, 6.07) is 3.56. The van der Waals surface area contributed by atoms with E-state index in [1.165, 1.54) is 0 Å². The van der Waals surface area contributed by atoms with E-state index in [4.69, 9.17) is 18.9 Å². The number of carbonyl (C=O) groups excluding carboxylic acids is 1. The highest BCUT2D eigenvalue weighted by Gasteiger charge is 2.36. The van der Waals surface area contributed by atoms with Gasteiger partial charge in [-0.05, 0) is 18.9 Å². The van der Waals surface area contributed by atoms with Gasteiger partial charge in [-0.3, -0.25) is 19.4 Å². The van der Waals surface area contributed by atoms with Gasteiger partial charge in [-0.15, -0.1) is 0 Å². The quantitative estimate of drug-likeness (QED) is 0.792. The second kappa shape index (κ2) is 7.82. The highest BCUT2D eigenvalue weighted by Crippen LogP contribution is 2.44. The number of anilines is 1. The largest absolute Gasteiger partial charge is 0.496 e. The molecule has 1 amide bonds. The van der Waals surface area contributed by atoms with E-state index in [1.54, 1.807) is 38.1 Å². The maximum atomic E-state index is 12.9. The summed E-state index contributed by atoms with van der Waals surface area (Å²) in [7, 11) is 4.63. The Balaban J connectivity index is 1.85. The molecule has 0 unspecified atom stereocenters. The number of H-pyrrole nitrogens is 1. The molecule has 2 aliphatic rings. The van der Waals surface area contributed by atoms with Crippen LogP contribution in [0.4, 0.5) is 5.82 Å². The first-order valence-corrected chi connectivity index (χ1v) is 9.59. The van der Waals surface area contributed by atoms with Gasteiger partial charge in [0.25, 0.3) is 5.56 Å². The SMILES string of the molecule is COc1cc(OC)c([C@H]2CC(=O)Nc3c2c(=O)[nH]n3C2CCOCC2)cc1OC. The van der Waals surface area contributed by atoms with Gasteiger partial charge in [0.15, 0.2) is 11.5 Å². The molecule has 2 N–H and O–H groups in total. The van der Waals surface area contributed by atoms with E-state index in [1.807, 2.05) is 0 Å². The smallest absolute Gasteiger partial charge is 0.270 e. The molecule has 4 rings (SSSR count). The minimum absolute atomic E-state index is 0.0755. The lowest BCUT2D eigenvalue weighted by Gasteiger charge is -2.28. The van der Waals surface area contributed by atoms with Crippen molar-refractivity contribution in [1.82, 2.24) is 9.78 Å². The first-order valence-electron chi connectivity index (χ1n) is 9.59. The van der Waals surface area contributed by atoms with Gasteiger partial charge in [0.1, 0.15) is 11.6 Å². The summed E-state index contributed by atoms with van der Waals surface area (Å²) in [5.41, 5.74) is 1.02. The number of benzene rings is 1. The zero-order chi connectivity index (χ0) is 20.5. The van der Waals surface area contributed by atoms with Crippen LogP contribution < -0.4 is 25.1 Å². The molecule has 0 bridgehead atoms. The molecule has 1 atom stereocenters. The summed E-state index contributed by atoms with van der Waals surface area (Å²) >= 11 is 0.